The van der Waals surface area contributed by atoms with Gasteiger partial charge in [0.25, 0.3) is 0 Å². The predicted octanol–water partition coefficient (Wildman–Crippen LogP) is 3.66. The van der Waals surface area contributed by atoms with E-state index in [1.807, 2.05) is 5.38 Å². The van der Waals surface area contributed by atoms with E-state index < -0.39 is 0 Å². The average molecular weight is 287 g/mol. The van der Waals surface area contributed by atoms with Gasteiger partial charge in [-0.1, -0.05) is 6.07 Å². The van der Waals surface area contributed by atoms with Crippen molar-refractivity contribution >= 4 is 32.4 Å². The van der Waals surface area contributed by atoms with Crippen molar-refractivity contribution in [1.82, 2.24) is 4.98 Å². The molecule has 0 spiro atoms. The average Bonchev–Trinajstić information content (AvgIpc) is 2.73. The molecule has 0 fully saturated rings. The molecular weight excluding hydrogens is 279 g/mol. The smallest absolute Gasteiger partial charge is 0.182 e. The van der Waals surface area contributed by atoms with Gasteiger partial charge in [-0.25, -0.2) is 9.37 Å². The Labute approximate surface area is 99.3 Å². The van der Waals surface area contributed by atoms with Gasteiger partial charge in [0.2, 0.25) is 0 Å². The number of benzene rings is 1. The van der Waals surface area contributed by atoms with Gasteiger partial charge in [0.05, 0.1) is 4.47 Å². The summed E-state index contributed by atoms with van der Waals surface area (Å²) >= 11 is 4.69. The van der Waals surface area contributed by atoms with Crippen molar-refractivity contribution < 1.29 is 4.39 Å². The van der Waals surface area contributed by atoms with Gasteiger partial charge in [0.1, 0.15) is 5.82 Å². The van der Waals surface area contributed by atoms with Crippen LogP contribution >= 0.6 is 27.3 Å². The lowest BCUT2D eigenvalue weighted by Gasteiger charge is -2.03. The molecule has 15 heavy (non-hydrogen) atoms. The third kappa shape index (κ3) is 2.76. The minimum Gasteiger partial charge on any atom is -0.357 e. The van der Waals surface area contributed by atoms with Crippen molar-refractivity contribution in [3.63, 3.8) is 0 Å². The molecule has 0 bridgehead atoms. The fourth-order valence-corrected chi connectivity index (χ4v) is 2.09. The molecule has 5 heteroatoms. The van der Waals surface area contributed by atoms with E-state index in [4.69, 9.17) is 0 Å². The van der Waals surface area contributed by atoms with Gasteiger partial charge in [-0.3, -0.25) is 0 Å². The molecule has 0 atom stereocenters. The maximum atomic E-state index is 12.9. The highest BCUT2D eigenvalue weighted by molar-refractivity contribution is 9.10. The molecule has 1 heterocycles. The second kappa shape index (κ2) is 4.72. The summed E-state index contributed by atoms with van der Waals surface area (Å²) in [6, 6.07) is 4.96. The molecule has 2 rings (SSSR count). The first-order valence-electron chi connectivity index (χ1n) is 4.33. The molecule has 0 aliphatic carbocycles. The third-order valence-electron chi connectivity index (χ3n) is 1.86. The van der Waals surface area contributed by atoms with Crippen LogP contribution < -0.4 is 5.32 Å². The van der Waals surface area contributed by atoms with E-state index in [1.165, 1.54) is 6.07 Å². The summed E-state index contributed by atoms with van der Waals surface area (Å²) in [6.07, 6.45) is 1.74. The Bertz CT molecular complexity index is 445. The van der Waals surface area contributed by atoms with Crippen LogP contribution in [-0.4, -0.2) is 4.98 Å². The van der Waals surface area contributed by atoms with Crippen LogP contribution in [0.15, 0.2) is 34.2 Å². The Morgan fingerprint density at radius 2 is 2.33 bits per heavy atom. The van der Waals surface area contributed by atoms with Crippen molar-refractivity contribution in [3.8, 4) is 0 Å². The molecule has 0 aliphatic rings. The van der Waals surface area contributed by atoms with Crippen LogP contribution in [0.1, 0.15) is 5.56 Å². The quantitative estimate of drug-likeness (QED) is 0.932. The predicted molar refractivity (Wildman–Crippen MR) is 63.5 cm³/mol. The van der Waals surface area contributed by atoms with Crippen LogP contribution in [0, 0.1) is 5.82 Å². The summed E-state index contributed by atoms with van der Waals surface area (Å²) in [7, 11) is 0. The van der Waals surface area contributed by atoms with Gasteiger partial charge in [-0.15, -0.1) is 11.3 Å². The van der Waals surface area contributed by atoms with E-state index in [1.54, 1.807) is 29.7 Å². The summed E-state index contributed by atoms with van der Waals surface area (Å²) in [5.74, 6) is -0.243. The maximum Gasteiger partial charge on any atom is 0.182 e. The van der Waals surface area contributed by atoms with Crippen LogP contribution in [0.5, 0.6) is 0 Å². The Hall–Kier alpha value is -0.940. The lowest BCUT2D eigenvalue weighted by molar-refractivity contribution is 0.620. The number of thiazole rings is 1. The lowest BCUT2D eigenvalue weighted by Crippen LogP contribution is -1.98. The number of nitrogens with one attached hydrogen (secondary N) is 1. The van der Waals surface area contributed by atoms with Crippen LogP contribution in [0.4, 0.5) is 9.52 Å². The van der Waals surface area contributed by atoms with Crippen molar-refractivity contribution in [2.24, 2.45) is 0 Å². The zero-order valence-corrected chi connectivity index (χ0v) is 10.1. The van der Waals surface area contributed by atoms with Gasteiger partial charge in [0, 0.05) is 18.1 Å². The number of halogens is 2. The monoisotopic (exact) mass is 286 g/mol. The van der Waals surface area contributed by atoms with E-state index in [0.29, 0.717) is 11.0 Å². The van der Waals surface area contributed by atoms with Crippen molar-refractivity contribution in [1.29, 1.82) is 0 Å². The summed E-state index contributed by atoms with van der Waals surface area (Å²) in [6.45, 7) is 0.645. The van der Waals surface area contributed by atoms with Crippen LogP contribution in [-0.2, 0) is 6.54 Å². The Morgan fingerprint density at radius 1 is 1.47 bits per heavy atom. The molecule has 1 aromatic carbocycles. The number of hydrogen-bond donors (Lipinski definition) is 1. The minimum atomic E-state index is -0.243. The van der Waals surface area contributed by atoms with Crippen LogP contribution in [0.3, 0.4) is 0 Å². The van der Waals surface area contributed by atoms with Gasteiger partial charge < -0.3 is 5.32 Å². The highest BCUT2D eigenvalue weighted by Crippen LogP contribution is 2.18. The number of hydrogen-bond acceptors (Lipinski definition) is 3. The molecule has 0 unspecified atom stereocenters. The molecule has 1 N–H and O–H groups in total. The minimum absolute atomic E-state index is 0.243. The molecule has 2 nitrogen and oxygen atoms in total. The van der Waals surface area contributed by atoms with E-state index in [2.05, 4.69) is 26.2 Å². The number of rotatable bonds is 3. The molecule has 0 radical (unpaired) electrons. The van der Waals surface area contributed by atoms with Crippen molar-refractivity contribution in [2.75, 3.05) is 5.32 Å². The topological polar surface area (TPSA) is 24.9 Å². The highest BCUT2D eigenvalue weighted by atomic mass is 79.9. The van der Waals surface area contributed by atoms with E-state index in [0.717, 1.165) is 10.7 Å². The van der Waals surface area contributed by atoms with E-state index in [-0.39, 0.29) is 5.82 Å². The highest BCUT2D eigenvalue weighted by Gasteiger charge is 2.00. The summed E-state index contributed by atoms with van der Waals surface area (Å²) in [5, 5.41) is 5.93. The van der Waals surface area contributed by atoms with Gasteiger partial charge in [0.15, 0.2) is 5.13 Å². The number of nitrogens with zero attached hydrogens (tertiary/aromatic N) is 1. The number of aromatic nitrogens is 1. The molecule has 0 saturated heterocycles. The maximum absolute atomic E-state index is 12.9. The van der Waals surface area contributed by atoms with Gasteiger partial charge >= 0.3 is 0 Å². The molecule has 0 saturated carbocycles. The molecule has 0 aliphatic heterocycles. The molecule has 0 amide bonds. The van der Waals surface area contributed by atoms with Gasteiger partial charge in [-0.2, -0.15) is 0 Å². The first-order valence-corrected chi connectivity index (χ1v) is 6.00. The fraction of sp³-hybridized carbons (Fsp3) is 0.100. The van der Waals surface area contributed by atoms with Gasteiger partial charge in [-0.05, 0) is 33.6 Å². The van der Waals surface area contributed by atoms with E-state index >= 15 is 0 Å². The van der Waals surface area contributed by atoms with Crippen LogP contribution in [0.25, 0.3) is 0 Å². The van der Waals surface area contributed by atoms with Crippen molar-refractivity contribution in [2.45, 2.75) is 6.54 Å². The standard InChI is InChI=1S/C10H8BrFN2S/c11-8-5-7(1-2-9(8)12)6-14-10-13-3-4-15-10/h1-5H,6H2,(H,13,14). The Balaban J connectivity index is 2.02. The number of anilines is 1. The summed E-state index contributed by atoms with van der Waals surface area (Å²) in [4.78, 5) is 4.09. The third-order valence-corrected chi connectivity index (χ3v) is 3.20. The molecule has 78 valence electrons. The summed E-state index contributed by atoms with van der Waals surface area (Å²) in [5.41, 5.74) is 1.01. The Morgan fingerprint density at radius 3 is 3.00 bits per heavy atom. The van der Waals surface area contributed by atoms with Crippen LogP contribution in [0.2, 0.25) is 0 Å². The zero-order chi connectivity index (χ0) is 10.7. The summed E-state index contributed by atoms with van der Waals surface area (Å²) < 4.78 is 13.4. The second-order valence-corrected chi connectivity index (χ2v) is 4.69. The molecule has 2 aromatic rings. The molecular formula is C10H8BrFN2S. The fourth-order valence-electron chi connectivity index (χ4n) is 1.14. The first kappa shape index (κ1) is 10.6. The lowest BCUT2D eigenvalue weighted by atomic mass is 10.2. The first-order chi connectivity index (χ1) is 7.25. The normalized spacial score (nSPS) is 10.3. The largest absolute Gasteiger partial charge is 0.357 e. The zero-order valence-electron chi connectivity index (χ0n) is 7.71. The molecule has 1 aromatic heterocycles. The second-order valence-electron chi connectivity index (χ2n) is 2.94. The SMILES string of the molecule is Fc1ccc(CNc2nccs2)cc1Br. The van der Waals surface area contributed by atoms with Crippen molar-refractivity contribution in [3.05, 3.63) is 45.6 Å². The Kier molecular flexibility index (Phi) is 3.33. The van der Waals surface area contributed by atoms with E-state index in [9.17, 15) is 4.39 Å².